The second-order valence-corrected chi connectivity index (χ2v) is 34.6. The molecule has 2 saturated heterocycles. The van der Waals surface area contributed by atoms with E-state index in [1.165, 1.54) is 62.5 Å². The molecule has 39 nitrogen and oxygen atoms in total. The summed E-state index contributed by atoms with van der Waals surface area (Å²) < 4.78 is 1.88. The Morgan fingerprint density at radius 3 is 1.79 bits per heavy atom. The molecule has 0 unspecified atom stereocenters. The third-order valence-corrected chi connectivity index (χ3v) is 24.6. The monoisotopic (exact) mass is 1780 g/mol. The molecule has 10 atom stereocenters. The van der Waals surface area contributed by atoms with Crippen LogP contribution in [0.4, 0.5) is 4.79 Å². The number of halogens is 1. The third-order valence-electron chi connectivity index (χ3n) is 22.9. The number of likely N-dealkylation sites (N-methyl/N-ethyl adjacent to an activating group) is 2. The van der Waals surface area contributed by atoms with Crippen LogP contribution in [-0.2, 0) is 112 Å². The topological polar surface area (TPSA) is 579 Å². The smallest absolute Gasteiger partial charge is 0.317 e. The predicted octanol–water partition coefficient (Wildman–Crippen LogP) is -0.591. The maximum Gasteiger partial charge on any atom is 0.317 e. The van der Waals surface area contributed by atoms with Gasteiger partial charge in [-0.3, -0.25) is 86.6 Å². The normalized spacial score (nSPS) is 22.5. The van der Waals surface area contributed by atoms with Gasteiger partial charge in [-0.2, -0.15) is 0 Å². The van der Waals surface area contributed by atoms with Gasteiger partial charge in [0.15, 0.2) is 0 Å². The highest BCUT2D eigenvalue weighted by atomic mass is 35.5. The van der Waals surface area contributed by atoms with Gasteiger partial charge in [0.2, 0.25) is 82.7 Å². The number of rotatable bonds is 27. The highest BCUT2D eigenvalue weighted by Gasteiger charge is 2.44. The van der Waals surface area contributed by atoms with E-state index in [1.54, 1.807) is 89.1 Å². The van der Waals surface area contributed by atoms with Crippen LogP contribution in [0.3, 0.4) is 0 Å². The number of aryl methyl sites for hydroxylation is 2. The molecule has 3 aliphatic rings. The fourth-order valence-corrected chi connectivity index (χ4v) is 17.0. The van der Waals surface area contributed by atoms with Crippen molar-refractivity contribution in [2.75, 3.05) is 59.1 Å². The fourth-order valence-electron chi connectivity index (χ4n) is 15.8. The van der Waals surface area contributed by atoms with Crippen molar-refractivity contribution in [3.8, 4) is 0 Å². The molecule has 6 aromatic rings. The van der Waals surface area contributed by atoms with E-state index >= 15 is 38.4 Å². The molecular weight excluding hydrogens is 1670 g/mol. The second-order valence-electron chi connectivity index (χ2n) is 32.5. The molecular formula is C85H111ClN20O19S. The number of unbranched alkanes of at least 4 members (excludes halogenated alkanes) is 1. The van der Waals surface area contributed by atoms with Gasteiger partial charge in [-0.25, -0.2) is 4.79 Å². The predicted molar refractivity (Wildman–Crippen MR) is 463 cm³/mol. The zero-order valence-corrected chi connectivity index (χ0v) is 72.6. The number of nitrogens with one attached hydrogen (secondary N) is 9. The molecule has 5 heterocycles. The number of carbonyl (C=O) groups is 17. The van der Waals surface area contributed by atoms with E-state index in [-0.39, 0.29) is 108 Å². The number of aliphatic carboxylic acids is 2. The number of para-hydroxylation sites is 2. The number of carboxylic acid groups (broad SMARTS) is 2. The molecule has 0 radical (unpaired) electrons. The molecule has 9 rings (SSSR count). The summed E-state index contributed by atoms with van der Waals surface area (Å²) in [7, 11) is 5.79. The highest BCUT2D eigenvalue weighted by molar-refractivity contribution is 8.01. The molecule has 2 aliphatic heterocycles. The molecule has 678 valence electrons. The summed E-state index contributed by atoms with van der Waals surface area (Å²) in [6.45, 7) is 3.79. The van der Waals surface area contributed by atoms with Crippen molar-refractivity contribution in [2.45, 2.75) is 182 Å². The highest BCUT2D eigenvalue weighted by Crippen LogP contribution is 2.33. The van der Waals surface area contributed by atoms with E-state index < -0.39 is 203 Å². The number of hydrogen-bond acceptors (Lipinski definition) is 20. The van der Waals surface area contributed by atoms with Crippen LogP contribution in [0, 0.1) is 5.92 Å². The molecule has 1 aliphatic carbocycles. The van der Waals surface area contributed by atoms with Crippen molar-refractivity contribution >= 4 is 146 Å². The first-order valence-electron chi connectivity index (χ1n) is 41.4. The number of carboxylic acids is 2. The number of hydrogen-bond donors (Lipinski definition) is 15. The number of carbonyl (C=O) groups excluding carboxylic acids is 15. The molecule has 1 saturated carbocycles. The van der Waals surface area contributed by atoms with Gasteiger partial charge in [-0.1, -0.05) is 66.6 Å². The van der Waals surface area contributed by atoms with Crippen LogP contribution in [-0.4, -0.2) is 269 Å². The van der Waals surface area contributed by atoms with E-state index in [0.29, 0.717) is 62.8 Å². The Morgan fingerprint density at radius 2 is 1.14 bits per heavy atom. The third kappa shape index (κ3) is 26.7. The zero-order chi connectivity index (χ0) is 92.0. The number of nitrogens with zero attached hydrogens (tertiary/aromatic N) is 7. The molecule has 16 amide bonds. The second kappa shape index (κ2) is 44.7. The molecule has 3 fully saturated rings. The summed E-state index contributed by atoms with van der Waals surface area (Å²) in [5, 5.41) is 45.6. The standard InChI is InChI=1S/C85H111ClN20O19S/c1-85(2)72(74(90)115)100-78(119)59(39-51-43-101(3)62-26-8-7-21-53(51)62)96-75(116)56(24-9-10-31-92-84(125)106-34-32-105(33-35-106)45-69(112)113)94-76(117)58(40-52-44-102(4)71-54(52)22-13-23-55(71)86)97-79(120)63(28-29-68(110)111)103(5)82(123)57(25-14-27-65(87)107)95-81(122)70(49-18-12-19-49)99-77(118)60(41-66(88)108)98-80(121)64(38-48-17-15-30-91-42-48)104(6)83(124)61(93-67(109)46-126-85)37-47-16-11-20-50(36-47)73(89)114/h7-8,11,13,15-17,20-23,26,30,36,42-44,49,56-61,63-64,70,72H,9-10,12,14,18-19,24-25,27-29,31-35,37-41,45-46H2,1-6H3,(H2,87,107)(H2,88,108)(H2,89,114)(H2,90,115)(H,92,125)(H,93,109)(H,94,117)(H,95,122)(H,96,116)(H,97,120)(H,98,121)(H,99,118)(H,100,119)(H,110,111)(H,112,113)/t56-,57-,58-,59-,60-,61+,63-,64-,70-,72+/m0/s1. The van der Waals surface area contributed by atoms with E-state index in [4.69, 9.17) is 34.5 Å². The van der Waals surface area contributed by atoms with Crippen LogP contribution in [0.1, 0.15) is 124 Å². The average Bonchev–Trinajstić information content (AvgIpc) is 1.63. The van der Waals surface area contributed by atoms with Gasteiger partial charge in [0.25, 0.3) is 0 Å². The van der Waals surface area contributed by atoms with Gasteiger partial charge >= 0.3 is 18.0 Å². The number of amides is 16. The summed E-state index contributed by atoms with van der Waals surface area (Å²) >= 11 is 7.59. The van der Waals surface area contributed by atoms with Crippen molar-refractivity contribution in [3.63, 3.8) is 0 Å². The van der Waals surface area contributed by atoms with Crippen LogP contribution >= 0.6 is 23.4 Å². The van der Waals surface area contributed by atoms with E-state index in [2.05, 4.69) is 52.8 Å². The summed E-state index contributed by atoms with van der Waals surface area (Å²) in [6.07, 6.45) is 2.64. The van der Waals surface area contributed by atoms with Gasteiger partial charge in [0.1, 0.15) is 60.4 Å². The average molecular weight is 1780 g/mol. The Labute approximate surface area is 735 Å². The number of fused-ring (bicyclic) bond motifs is 2. The van der Waals surface area contributed by atoms with E-state index in [0.717, 1.165) is 28.6 Å². The van der Waals surface area contributed by atoms with Crippen molar-refractivity contribution < 1.29 is 91.7 Å². The van der Waals surface area contributed by atoms with Crippen LogP contribution in [0.2, 0.25) is 5.02 Å². The first-order chi connectivity index (χ1) is 59.8. The van der Waals surface area contributed by atoms with Crippen LogP contribution < -0.4 is 70.8 Å². The lowest BCUT2D eigenvalue weighted by molar-refractivity contribution is -0.145. The first kappa shape index (κ1) is 97.1. The van der Waals surface area contributed by atoms with Crippen LogP contribution in [0.15, 0.2) is 104 Å². The Hall–Kier alpha value is -12.7. The number of urea groups is 1. The van der Waals surface area contributed by atoms with E-state index in [1.807, 2.05) is 6.07 Å². The van der Waals surface area contributed by atoms with Crippen molar-refractivity contribution in [2.24, 2.45) is 42.9 Å². The number of thioether (sulfide) groups is 1. The minimum Gasteiger partial charge on any atom is -0.481 e. The maximum absolute atomic E-state index is 15.8. The van der Waals surface area contributed by atoms with Gasteiger partial charge in [0.05, 0.1) is 29.3 Å². The number of pyridine rings is 1. The molecule has 0 spiro atoms. The number of benzene rings is 3. The fraction of sp³-hybridized carbons (Fsp3) is 0.482. The summed E-state index contributed by atoms with van der Waals surface area (Å²) in [5.41, 5.74) is 26.1. The SMILES string of the molecule is CN1C(=O)[C@H](CCCC(N)=O)NC(=O)[C@H](C2CCC2)NC(=O)[C@H](CC(N)=O)NC(=O)[C@H](Cc2cccnc2)N(C)C(=O)[C@@H](Cc2cccc(C(N)=O)c2)NC(=O)CSC(C)(C)[C@@H](C(N)=O)NC(=O)[C@H](Cc2cn(C)c3ccccc23)NC(=O)[C@H](CCCCNC(=O)N2CCN(CC(=O)O)CC2)NC(=O)[C@H](Cc2cn(C)c3c(Cl)cccc23)NC(=O)[C@@H]1CCC(=O)O. The van der Waals surface area contributed by atoms with Crippen molar-refractivity contribution in [1.82, 2.24) is 81.6 Å². The number of primary amides is 4. The maximum atomic E-state index is 15.8. The number of aromatic nitrogens is 3. The Bertz CT molecular complexity index is 5050. The van der Waals surface area contributed by atoms with Gasteiger partial charge in [0, 0.05) is 151 Å². The molecule has 0 bridgehead atoms. The van der Waals surface area contributed by atoms with Crippen molar-refractivity contribution in [1.29, 1.82) is 0 Å². The Morgan fingerprint density at radius 1 is 0.556 bits per heavy atom. The van der Waals surface area contributed by atoms with Crippen LogP contribution in [0.25, 0.3) is 21.8 Å². The van der Waals surface area contributed by atoms with Crippen LogP contribution in [0.5, 0.6) is 0 Å². The molecule has 126 heavy (non-hydrogen) atoms. The number of nitrogens with two attached hydrogens (primary N) is 4. The molecule has 3 aromatic carbocycles. The summed E-state index contributed by atoms with van der Waals surface area (Å²) in [6, 6.07) is 3.52. The lowest BCUT2D eigenvalue weighted by Gasteiger charge is -2.36. The van der Waals surface area contributed by atoms with Gasteiger partial charge in [-0.05, 0) is 124 Å². The Balaban J connectivity index is 1.16. The molecule has 19 N–H and O–H groups in total. The largest absolute Gasteiger partial charge is 0.481 e. The van der Waals surface area contributed by atoms with Gasteiger partial charge < -0.3 is 105 Å². The zero-order valence-electron chi connectivity index (χ0n) is 71.0. The lowest BCUT2D eigenvalue weighted by Crippen LogP contribution is -2.62. The summed E-state index contributed by atoms with van der Waals surface area (Å²) in [5.74, 6) is -17.9. The minimum atomic E-state index is -1.90. The van der Waals surface area contributed by atoms with Gasteiger partial charge in [-0.15, -0.1) is 11.8 Å². The summed E-state index contributed by atoms with van der Waals surface area (Å²) in [4.78, 5) is 253. The first-order valence-corrected chi connectivity index (χ1v) is 42.8. The lowest BCUT2D eigenvalue weighted by atomic mass is 9.79. The quantitative estimate of drug-likeness (QED) is 0.0287. The van der Waals surface area contributed by atoms with E-state index in [9.17, 15) is 53.4 Å². The minimum absolute atomic E-state index is 0.0155. The molecule has 3 aromatic heterocycles. The van der Waals surface area contributed by atoms with Crippen molar-refractivity contribution in [3.05, 3.63) is 136 Å². The molecule has 41 heteroatoms. The Kier molecular flexibility index (Phi) is 34.5. The number of piperazine rings is 1.